The van der Waals surface area contributed by atoms with Gasteiger partial charge in [-0.1, -0.05) is 29.8 Å². The highest BCUT2D eigenvalue weighted by Crippen LogP contribution is 2.44. The van der Waals surface area contributed by atoms with Crippen LogP contribution in [0.1, 0.15) is 44.3 Å². The maximum atomic E-state index is 13.3. The summed E-state index contributed by atoms with van der Waals surface area (Å²) in [6.07, 6.45) is 3.81. The molecule has 1 unspecified atom stereocenters. The van der Waals surface area contributed by atoms with Crippen LogP contribution < -0.4 is 5.32 Å². The SMILES string of the molecule is Cc1ccc2c(c1)C(=O)N1C=Cc3c(c(C)c4c([nH]c5ccccc54)c3C)C1N2. The summed E-state index contributed by atoms with van der Waals surface area (Å²) < 4.78 is 0. The molecule has 6 rings (SSSR count). The Hall–Kier alpha value is -3.53. The summed E-state index contributed by atoms with van der Waals surface area (Å²) in [7, 11) is 0. The molecular formula is C25H21N3O. The lowest BCUT2D eigenvalue weighted by molar-refractivity contribution is 0.0769. The van der Waals surface area contributed by atoms with Gasteiger partial charge in [0.25, 0.3) is 5.91 Å². The number of H-pyrrole nitrogens is 1. The first-order valence-electron chi connectivity index (χ1n) is 9.96. The van der Waals surface area contributed by atoms with E-state index in [9.17, 15) is 4.79 Å². The summed E-state index contributed by atoms with van der Waals surface area (Å²) in [5, 5.41) is 6.10. The number of carbonyl (C=O) groups excluding carboxylic acids is 1. The van der Waals surface area contributed by atoms with Crippen LogP contribution in [0, 0.1) is 20.8 Å². The van der Waals surface area contributed by atoms with Gasteiger partial charge in [-0.3, -0.25) is 9.69 Å². The topological polar surface area (TPSA) is 48.1 Å². The molecule has 3 heterocycles. The van der Waals surface area contributed by atoms with Crippen LogP contribution in [0.3, 0.4) is 0 Å². The van der Waals surface area contributed by atoms with Crippen molar-refractivity contribution in [2.45, 2.75) is 26.9 Å². The quantitative estimate of drug-likeness (QED) is 0.406. The standard InChI is InChI=1S/C25H21N3O/c1-13-8-9-20-18(12-13)25(29)28-11-10-16-14(2)23-21(15(3)22(16)24(28)27-20)17-6-4-5-7-19(17)26-23/h4-12,24,26-27H,1-3H3. The number of aromatic nitrogens is 1. The average molecular weight is 379 g/mol. The molecule has 142 valence electrons. The van der Waals surface area contributed by atoms with Crippen LogP contribution in [0.5, 0.6) is 0 Å². The Labute approximate surface area is 168 Å². The maximum absolute atomic E-state index is 13.3. The minimum Gasteiger partial charge on any atom is -0.360 e. The first kappa shape index (κ1) is 16.4. The summed E-state index contributed by atoms with van der Waals surface area (Å²) in [5.74, 6) is 0.0467. The molecule has 2 aliphatic heterocycles. The summed E-state index contributed by atoms with van der Waals surface area (Å²) in [4.78, 5) is 18.7. The Morgan fingerprint density at radius 1 is 1.00 bits per heavy atom. The molecule has 2 N–H and O–H groups in total. The molecule has 0 radical (unpaired) electrons. The van der Waals surface area contributed by atoms with Crippen LogP contribution in [0.15, 0.2) is 48.7 Å². The van der Waals surface area contributed by atoms with Crippen molar-refractivity contribution in [1.82, 2.24) is 9.88 Å². The van der Waals surface area contributed by atoms with Crippen LogP contribution in [-0.4, -0.2) is 15.8 Å². The molecule has 1 aromatic heterocycles. The minimum absolute atomic E-state index is 0.0467. The molecule has 4 aromatic rings. The van der Waals surface area contributed by atoms with Crippen molar-refractivity contribution in [1.29, 1.82) is 0 Å². The maximum Gasteiger partial charge on any atom is 0.261 e. The van der Waals surface area contributed by atoms with E-state index in [2.05, 4.69) is 60.6 Å². The third-order valence-corrected chi connectivity index (χ3v) is 6.44. The highest BCUT2D eigenvalue weighted by molar-refractivity contribution is 6.12. The number of hydrogen-bond acceptors (Lipinski definition) is 2. The first-order chi connectivity index (χ1) is 14.0. The normalized spacial score (nSPS) is 17.3. The molecule has 0 fully saturated rings. The van der Waals surface area contributed by atoms with Crippen LogP contribution in [-0.2, 0) is 0 Å². The molecule has 0 saturated carbocycles. The molecule has 0 bridgehead atoms. The van der Waals surface area contributed by atoms with Crippen LogP contribution in [0.4, 0.5) is 5.69 Å². The molecule has 3 aromatic carbocycles. The third-order valence-electron chi connectivity index (χ3n) is 6.44. The largest absolute Gasteiger partial charge is 0.360 e. The van der Waals surface area contributed by atoms with E-state index in [0.717, 1.165) is 22.3 Å². The fourth-order valence-electron chi connectivity index (χ4n) is 5.01. The van der Waals surface area contributed by atoms with E-state index < -0.39 is 0 Å². The van der Waals surface area contributed by atoms with E-state index in [1.165, 1.54) is 38.5 Å². The number of nitrogens with zero attached hydrogens (tertiary/aromatic N) is 1. The third kappa shape index (κ3) is 2.06. The Morgan fingerprint density at radius 3 is 2.69 bits per heavy atom. The lowest BCUT2D eigenvalue weighted by Gasteiger charge is -2.40. The molecule has 1 atom stereocenters. The van der Waals surface area contributed by atoms with Crippen molar-refractivity contribution in [3.63, 3.8) is 0 Å². The summed E-state index contributed by atoms with van der Waals surface area (Å²) in [5.41, 5.74) is 9.86. The van der Waals surface area contributed by atoms with E-state index in [1.807, 2.05) is 30.2 Å². The van der Waals surface area contributed by atoms with Crippen molar-refractivity contribution < 1.29 is 4.79 Å². The number of carbonyl (C=O) groups is 1. The van der Waals surface area contributed by atoms with Gasteiger partial charge in [0, 0.05) is 33.7 Å². The minimum atomic E-state index is -0.200. The smallest absolute Gasteiger partial charge is 0.261 e. The lowest BCUT2D eigenvalue weighted by Crippen LogP contribution is -2.41. The molecular weight excluding hydrogens is 358 g/mol. The Morgan fingerprint density at radius 2 is 1.83 bits per heavy atom. The van der Waals surface area contributed by atoms with E-state index in [0.29, 0.717) is 0 Å². The van der Waals surface area contributed by atoms with Gasteiger partial charge in [0.1, 0.15) is 6.17 Å². The number of hydrogen-bond donors (Lipinski definition) is 2. The van der Waals surface area contributed by atoms with Crippen LogP contribution in [0.2, 0.25) is 0 Å². The number of aryl methyl sites for hydroxylation is 3. The Balaban J connectivity index is 1.66. The summed E-state index contributed by atoms with van der Waals surface area (Å²) in [6, 6.07) is 14.5. The van der Waals surface area contributed by atoms with Gasteiger partial charge in [-0.05, 0) is 61.7 Å². The van der Waals surface area contributed by atoms with Gasteiger partial charge in [0.15, 0.2) is 0 Å². The van der Waals surface area contributed by atoms with E-state index in [-0.39, 0.29) is 12.1 Å². The summed E-state index contributed by atoms with van der Waals surface area (Å²) in [6.45, 7) is 6.36. The van der Waals surface area contributed by atoms with Crippen molar-refractivity contribution in [3.8, 4) is 0 Å². The van der Waals surface area contributed by atoms with E-state index in [1.54, 1.807) is 0 Å². The number of fused-ring (bicyclic) bond motifs is 7. The highest BCUT2D eigenvalue weighted by atomic mass is 16.2. The van der Waals surface area contributed by atoms with Crippen LogP contribution in [0.25, 0.3) is 27.9 Å². The van der Waals surface area contributed by atoms with Gasteiger partial charge >= 0.3 is 0 Å². The van der Waals surface area contributed by atoms with Crippen LogP contribution >= 0.6 is 0 Å². The molecule has 1 amide bonds. The summed E-state index contributed by atoms with van der Waals surface area (Å²) >= 11 is 0. The molecule has 0 saturated heterocycles. The predicted octanol–water partition coefficient (Wildman–Crippen LogP) is 5.80. The number of para-hydroxylation sites is 1. The molecule has 0 spiro atoms. The first-order valence-corrected chi connectivity index (χ1v) is 9.96. The van der Waals surface area contributed by atoms with Gasteiger partial charge in [-0.25, -0.2) is 0 Å². The molecule has 2 aliphatic rings. The number of benzene rings is 3. The van der Waals surface area contributed by atoms with Gasteiger partial charge in [-0.2, -0.15) is 0 Å². The van der Waals surface area contributed by atoms with E-state index in [4.69, 9.17) is 0 Å². The van der Waals surface area contributed by atoms with Gasteiger partial charge in [0.2, 0.25) is 0 Å². The highest BCUT2D eigenvalue weighted by Gasteiger charge is 2.37. The average Bonchev–Trinajstić information content (AvgIpc) is 3.12. The number of rotatable bonds is 0. The van der Waals surface area contributed by atoms with Crippen molar-refractivity contribution in [2.24, 2.45) is 0 Å². The second-order valence-electron chi connectivity index (χ2n) is 8.12. The number of nitrogens with one attached hydrogen (secondary N) is 2. The number of amides is 1. The van der Waals surface area contributed by atoms with Crippen molar-refractivity contribution in [2.75, 3.05) is 5.32 Å². The van der Waals surface area contributed by atoms with Crippen molar-refractivity contribution >= 4 is 39.5 Å². The lowest BCUT2D eigenvalue weighted by atomic mass is 9.87. The van der Waals surface area contributed by atoms with Gasteiger partial charge in [-0.15, -0.1) is 0 Å². The molecule has 29 heavy (non-hydrogen) atoms. The van der Waals surface area contributed by atoms with E-state index >= 15 is 0 Å². The number of anilines is 1. The molecule has 4 nitrogen and oxygen atoms in total. The second kappa shape index (κ2) is 5.51. The van der Waals surface area contributed by atoms with Gasteiger partial charge in [0.05, 0.1) is 11.1 Å². The Kier molecular flexibility index (Phi) is 3.12. The zero-order valence-corrected chi connectivity index (χ0v) is 16.6. The fourth-order valence-corrected chi connectivity index (χ4v) is 5.01. The molecule has 4 heteroatoms. The van der Waals surface area contributed by atoms with Gasteiger partial charge < -0.3 is 10.3 Å². The Bertz CT molecular complexity index is 1390. The molecule has 0 aliphatic carbocycles. The monoisotopic (exact) mass is 379 g/mol. The fraction of sp³-hybridized carbons (Fsp3) is 0.160. The predicted molar refractivity (Wildman–Crippen MR) is 118 cm³/mol. The second-order valence-corrected chi connectivity index (χ2v) is 8.12. The zero-order chi connectivity index (χ0) is 19.9. The van der Waals surface area contributed by atoms with Crippen molar-refractivity contribution in [3.05, 3.63) is 82.0 Å². The number of aromatic amines is 1. The zero-order valence-electron chi connectivity index (χ0n) is 16.6.